The molecular weight excluding hydrogens is 202 g/mol. The summed E-state index contributed by atoms with van der Waals surface area (Å²) in [5, 5.41) is 4.59. The Kier molecular flexibility index (Phi) is 2.44. The van der Waals surface area contributed by atoms with Crippen molar-refractivity contribution in [1.29, 1.82) is 0 Å². The van der Waals surface area contributed by atoms with Crippen LogP contribution >= 0.6 is 0 Å². The molecular formula is C12H17N3O. The van der Waals surface area contributed by atoms with Crippen LogP contribution in [0.15, 0.2) is 12.3 Å². The van der Waals surface area contributed by atoms with E-state index in [4.69, 9.17) is 4.74 Å². The van der Waals surface area contributed by atoms with Crippen molar-refractivity contribution in [1.82, 2.24) is 9.78 Å². The van der Waals surface area contributed by atoms with Crippen LogP contribution < -0.4 is 4.90 Å². The Hall–Kier alpha value is -1.29. The maximum Gasteiger partial charge on any atom is 0.150 e. The van der Waals surface area contributed by atoms with E-state index >= 15 is 0 Å². The molecule has 0 radical (unpaired) electrons. The first-order valence-corrected chi connectivity index (χ1v) is 5.93. The monoisotopic (exact) mass is 219 g/mol. The largest absolute Gasteiger partial charge is 0.368 e. The van der Waals surface area contributed by atoms with E-state index in [0.717, 1.165) is 25.3 Å². The van der Waals surface area contributed by atoms with Gasteiger partial charge in [-0.3, -0.25) is 0 Å². The molecule has 3 rings (SSSR count). The quantitative estimate of drug-likeness (QED) is 0.724. The molecule has 4 nitrogen and oxygen atoms in total. The average Bonchev–Trinajstić information content (AvgIpc) is 2.76. The van der Waals surface area contributed by atoms with Crippen molar-refractivity contribution < 1.29 is 4.74 Å². The third kappa shape index (κ3) is 1.63. The summed E-state index contributed by atoms with van der Waals surface area (Å²) in [5.74, 6) is 0. The van der Waals surface area contributed by atoms with Crippen LogP contribution in [0.3, 0.4) is 0 Å². The second-order valence-corrected chi connectivity index (χ2v) is 4.48. The van der Waals surface area contributed by atoms with Crippen molar-refractivity contribution in [2.24, 2.45) is 0 Å². The van der Waals surface area contributed by atoms with Crippen molar-refractivity contribution in [2.45, 2.75) is 25.5 Å². The fraction of sp³-hybridized carbons (Fsp3) is 0.583. The molecule has 1 fully saturated rings. The fourth-order valence-electron chi connectivity index (χ4n) is 2.31. The molecule has 1 atom stereocenters. The first-order chi connectivity index (χ1) is 7.84. The minimum absolute atomic E-state index is 0.140. The average molecular weight is 219 g/mol. The van der Waals surface area contributed by atoms with E-state index in [9.17, 15) is 0 Å². The van der Waals surface area contributed by atoms with Crippen molar-refractivity contribution >= 4 is 11.8 Å². The van der Waals surface area contributed by atoms with Crippen LogP contribution in [0.25, 0.3) is 6.08 Å². The van der Waals surface area contributed by atoms with E-state index in [0.29, 0.717) is 0 Å². The van der Waals surface area contributed by atoms with Crippen LogP contribution in [-0.4, -0.2) is 30.0 Å². The standard InChI is InChI=1S/C12H17N3O/c1-14-7-4-5-10-11(14)9-15(13-10)12-6-2-3-8-16-12/h4-5,9,12H,2-3,6-8H2,1H3. The SMILES string of the molecule is CN1CC=Cc2nn(C3CCCCO3)cc21. The number of hydrogen-bond acceptors (Lipinski definition) is 3. The van der Waals surface area contributed by atoms with Crippen LogP contribution in [0, 0.1) is 0 Å². The number of likely N-dealkylation sites (N-methyl/N-ethyl adjacent to an activating group) is 1. The van der Waals surface area contributed by atoms with Crippen molar-refractivity contribution in [3.05, 3.63) is 18.0 Å². The van der Waals surface area contributed by atoms with Gasteiger partial charge in [0.1, 0.15) is 11.9 Å². The smallest absolute Gasteiger partial charge is 0.150 e. The Labute approximate surface area is 95.5 Å². The highest BCUT2D eigenvalue weighted by Crippen LogP contribution is 2.28. The zero-order valence-corrected chi connectivity index (χ0v) is 9.59. The zero-order valence-electron chi connectivity index (χ0n) is 9.59. The Balaban J connectivity index is 1.88. The number of ether oxygens (including phenoxy) is 1. The summed E-state index contributed by atoms with van der Waals surface area (Å²) in [5.41, 5.74) is 2.26. The highest BCUT2D eigenvalue weighted by molar-refractivity contribution is 5.67. The lowest BCUT2D eigenvalue weighted by atomic mass is 10.2. The van der Waals surface area contributed by atoms with Gasteiger partial charge in [-0.2, -0.15) is 5.10 Å². The Morgan fingerprint density at radius 2 is 2.38 bits per heavy atom. The number of anilines is 1. The fourth-order valence-corrected chi connectivity index (χ4v) is 2.31. The van der Waals surface area contributed by atoms with Crippen LogP contribution in [0.4, 0.5) is 5.69 Å². The number of aromatic nitrogens is 2. The molecule has 3 heterocycles. The molecule has 0 N–H and O–H groups in total. The summed E-state index contributed by atoms with van der Waals surface area (Å²) in [7, 11) is 2.09. The Morgan fingerprint density at radius 1 is 1.44 bits per heavy atom. The van der Waals surface area contributed by atoms with E-state index < -0.39 is 0 Å². The second-order valence-electron chi connectivity index (χ2n) is 4.48. The van der Waals surface area contributed by atoms with Gasteiger partial charge >= 0.3 is 0 Å². The van der Waals surface area contributed by atoms with Gasteiger partial charge in [-0.15, -0.1) is 0 Å². The van der Waals surface area contributed by atoms with E-state index in [2.05, 4.69) is 35.4 Å². The maximum atomic E-state index is 5.73. The van der Waals surface area contributed by atoms with Gasteiger partial charge in [0, 0.05) is 20.2 Å². The number of hydrogen-bond donors (Lipinski definition) is 0. The highest BCUT2D eigenvalue weighted by atomic mass is 16.5. The highest BCUT2D eigenvalue weighted by Gasteiger charge is 2.20. The van der Waals surface area contributed by atoms with Gasteiger partial charge < -0.3 is 9.64 Å². The predicted molar refractivity (Wildman–Crippen MR) is 63.4 cm³/mol. The molecule has 0 bridgehead atoms. The maximum absolute atomic E-state index is 5.73. The number of nitrogens with zero attached hydrogens (tertiary/aromatic N) is 3. The number of fused-ring (bicyclic) bond motifs is 1. The normalized spacial score (nSPS) is 24.6. The minimum Gasteiger partial charge on any atom is -0.368 e. The summed E-state index contributed by atoms with van der Waals surface area (Å²) >= 11 is 0. The van der Waals surface area contributed by atoms with Gasteiger partial charge in [-0.05, 0) is 25.3 Å². The second kappa shape index (κ2) is 3.94. The summed E-state index contributed by atoms with van der Waals surface area (Å²) in [6.07, 6.45) is 9.97. The third-order valence-corrected chi connectivity index (χ3v) is 3.26. The van der Waals surface area contributed by atoms with Crippen LogP contribution in [0.1, 0.15) is 31.2 Å². The van der Waals surface area contributed by atoms with E-state index in [1.807, 2.05) is 4.68 Å². The summed E-state index contributed by atoms with van der Waals surface area (Å²) in [6, 6.07) is 0. The minimum atomic E-state index is 0.140. The van der Waals surface area contributed by atoms with Crippen molar-refractivity contribution in [3.63, 3.8) is 0 Å². The topological polar surface area (TPSA) is 30.3 Å². The molecule has 86 valence electrons. The molecule has 1 aromatic rings. The van der Waals surface area contributed by atoms with Gasteiger partial charge in [0.15, 0.2) is 0 Å². The van der Waals surface area contributed by atoms with E-state index in [-0.39, 0.29) is 6.23 Å². The lowest BCUT2D eigenvalue weighted by molar-refractivity contribution is -0.0395. The Morgan fingerprint density at radius 3 is 3.12 bits per heavy atom. The first kappa shape index (κ1) is 9.90. The van der Waals surface area contributed by atoms with Crippen molar-refractivity contribution in [2.75, 3.05) is 25.1 Å². The van der Waals surface area contributed by atoms with Gasteiger partial charge in [0.2, 0.25) is 0 Å². The first-order valence-electron chi connectivity index (χ1n) is 5.93. The summed E-state index contributed by atoms with van der Waals surface area (Å²) in [4.78, 5) is 2.21. The van der Waals surface area contributed by atoms with Gasteiger partial charge in [0.05, 0.1) is 11.9 Å². The van der Waals surface area contributed by atoms with Gasteiger partial charge in [-0.1, -0.05) is 6.08 Å². The molecule has 0 aromatic carbocycles. The molecule has 0 saturated carbocycles. The van der Waals surface area contributed by atoms with Gasteiger partial charge in [-0.25, -0.2) is 4.68 Å². The molecule has 1 saturated heterocycles. The van der Waals surface area contributed by atoms with Crippen LogP contribution in [0.2, 0.25) is 0 Å². The van der Waals surface area contributed by atoms with E-state index in [1.165, 1.54) is 18.5 Å². The predicted octanol–water partition coefficient (Wildman–Crippen LogP) is 2.05. The lowest BCUT2D eigenvalue weighted by Gasteiger charge is -2.22. The Bertz CT molecular complexity index is 404. The summed E-state index contributed by atoms with van der Waals surface area (Å²) < 4.78 is 7.72. The molecule has 2 aliphatic heterocycles. The van der Waals surface area contributed by atoms with Crippen molar-refractivity contribution in [3.8, 4) is 0 Å². The number of rotatable bonds is 1. The van der Waals surface area contributed by atoms with E-state index in [1.54, 1.807) is 0 Å². The molecule has 16 heavy (non-hydrogen) atoms. The molecule has 4 heteroatoms. The van der Waals surface area contributed by atoms with Crippen LogP contribution in [0.5, 0.6) is 0 Å². The molecule has 0 aliphatic carbocycles. The molecule has 2 aliphatic rings. The summed E-state index contributed by atoms with van der Waals surface area (Å²) in [6.45, 7) is 1.82. The lowest BCUT2D eigenvalue weighted by Crippen LogP contribution is -2.19. The molecule has 0 spiro atoms. The molecule has 1 aromatic heterocycles. The third-order valence-electron chi connectivity index (χ3n) is 3.26. The molecule has 0 amide bonds. The molecule has 1 unspecified atom stereocenters. The van der Waals surface area contributed by atoms with Crippen LogP contribution in [-0.2, 0) is 4.74 Å². The van der Waals surface area contributed by atoms with Gasteiger partial charge in [0.25, 0.3) is 0 Å². The zero-order chi connectivity index (χ0) is 11.0.